The summed E-state index contributed by atoms with van der Waals surface area (Å²) in [5.74, 6) is -1.00. The second-order valence-corrected chi connectivity index (χ2v) is 14.5. The summed E-state index contributed by atoms with van der Waals surface area (Å²) in [5, 5.41) is 0. The fourth-order valence-electron chi connectivity index (χ4n) is 4.08. The average molecular weight is 457 g/mol. The van der Waals surface area contributed by atoms with Crippen molar-refractivity contribution in [2.45, 2.75) is 142 Å². The van der Waals surface area contributed by atoms with Crippen LogP contribution in [0.3, 0.4) is 0 Å². The molecule has 31 heavy (non-hydrogen) atoms. The zero-order valence-electron chi connectivity index (χ0n) is 21.6. The van der Waals surface area contributed by atoms with Gasteiger partial charge in [0, 0.05) is 6.42 Å². The molecule has 2 unspecified atom stereocenters. The summed E-state index contributed by atoms with van der Waals surface area (Å²) in [6.07, 6.45) is 17.6. The molecule has 0 rings (SSSR count). The maximum Gasteiger partial charge on any atom is 0.316 e. The first-order chi connectivity index (χ1) is 14.7. The van der Waals surface area contributed by atoms with E-state index in [4.69, 9.17) is 9.16 Å². The van der Waals surface area contributed by atoms with Gasteiger partial charge in [-0.2, -0.15) is 0 Å². The van der Waals surface area contributed by atoms with Crippen LogP contribution in [-0.2, 0) is 18.8 Å². The van der Waals surface area contributed by atoms with E-state index in [9.17, 15) is 9.59 Å². The predicted molar refractivity (Wildman–Crippen MR) is 134 cm³/mol. The molecular weight excluding hydrogens is 404 g/mol. The Bertz CT molecular complexity index is 459. The largest absolute Gasteiger partial charge is 0.468 e. The molecule has 0 saturated heterocycles. The lowest BCUT2D eigenvalue weighted by atomic mass is 9.92. The highest BCUT2D eigenvalue weighted by atomic mass is 28.4. The van der Waals surface area contributed by atoms with Gasteiger partial charge in [0.2, 0.25) is 0 Å². The predicted octanol–water partition coefficient (Wildman–Crippen LogP) is 7.85. The van der Waals surface area contributed by atoms with Gasteiger partial charge in [-0.3, -0.25) is 9.59 Å². The molecule has 2 atom stereocenters. The van der Waals surface area contributed by atoms with Crippen LogP contribution in [0.25, 0.3) is 0 Å². The normalized spacial score (nSPS) is 13.7. The van der Waals surface area contributed by atoms with Crippen molar-refractivity contribution in [3.05, 3.63) is 0 Å². The number of methoxy groups -OCH3 is 1. The third kappa shape index (κ3) is 17.5. The maximum absolute atomic E-state index is 13.0. The molecule has 4 nitrogen and oxygen atoms in total. The van der Waals surface area contributed by atoms with E-state index in [1.807, 2.05) is 0 Å². The van der Waals surface area contributed by atoms with Gasteiger partial charge in [0.1, 0.15) is 11.7 Å². The maximum atomic E-state index is 13.0. The van der Waals surface area contributed by atoms with Gasteiger partial charge in [-0.1, -0.05) is 97.3 Å². The van der Waals surface area contributed by atoms with Crippen LogP contribution < -0.4 is 0 Å². The van der Waals surface area contributed by atoms with E-state index in [1.165, 1.54) is 58.5 Å². The lowest BCUT2D eigenvalue weighted by molar-refractivity contribution is -0.150. The van der Waals surface area contributed by atoms with Gasteiger partial charge in [0.15, 0.2) is 8.32 Å². The molecule has 0 aromatic carbocycles. The zero-order valence-corrected chi connectivity index (χ0v) is 22.6. The van der Waals surface area contributed by atoms with Crippen molar-refractivity contribution in [3.8, 4) is 0 Å². The quantitative estimate of drug-likeness (QED) is 0.0763. The fourth-order valence-corrected chi connectivity index (χ4v) is 5.28. The highest BCUT2D eigenvalue weighted by Crippen LogP contribution is 2.22. The van der Waals surface area contributed by atoms with Gasteiger partial charge in [-0.05, 0) is 32.5 Å². The molecule has 0 saturated carbocycles. The molecule has 0 aromatic heterocycles. The summed E-state index contributed by atoms with van der Waals surface area (Å²) in [4.78, 5) is 25.2. The molecule has 0 aliphatic heterocycles. The highest BCUT2D eigenvalue weighted by Gasteiger charge is 2.30. The Labute approximate surface area is 194 Å². The Hall–Kier alpha value is -0.683. The van der Waals surface area contributed by atoms with Crippen LogP contribution in [-0.4, -0.2) is 33.3 Å². The minimum Gasteiger partial charge on any atom is -0.468 e. The van der Waals surface area contributed by atoms with Crippen molar-refractivity contribution in [1.29, 1.82) is 0 Å². The van der Waals surface area contributed by atoms with E-state index in [0.29, 0.717) is 12.8 Å². The van der Waals surface area contributed by atoms with Crippen LogP contribution in [0.5, 0.6) is 0 Å². The van der Waals surface area contributed by atoms with Crippen LogP contribution in [0.15, 0.2) is 0 Å². The van der Waals surface area contributed by atoms with Gasteiger partial charge >= 0.3 is 5.97 Å². The number of esters is 1. The molecule has 0 aliphatic rings. The summed E-state index contributed by atoms with van der Waals surface area (Å²) in [5.41, 5.74) is 0. The minimum absolute atomic E-state index is 0.00234. The number of rotatable bonds is 21. The van der Waals surface area contributed by atoms with E-state index in [1.54, 1.807) is 0 Å². The van der Waals surface area contributed by atoms with E-state index < -0.39 is 14.2 Å². The molecule has 0 radical (unpaired) electrons. The zero-order chi connectivity index (χ0) is 23.5. The Kier molecular flexibility index (Phi) is 18.4. The van der Waals surface area contributed by atoms with Crippen LogP contribution in [0.2, 0.25) is 19.6 Å². The Morgan fingerprint density at radius 2 is 1.16 bits per heavy atom. The monoisotopic (exact) mass is 456 g/mol. The Morgan fingerprint density at radius 3 is 1.65 bits per heavy atom. The van der Waals surface area contributed by atoms with E-state index in [2.05, 4.69) is 33.5 Å². The van der Waals surface area contributed by atoms with Crippen molar-refractivity contribution in [3.63, 3.8) is 0 Å². The summed E-state index contributed by atoms with van der Waals surface area (Å²) < 4.78 is 11.3. The second kappa shape index (κ2) is 18.8. The molecule has 0 N–H and O–H groups in total. The average Bonchev–Trinajstić information content (AvgIpc) is 2.70. The molecule has 0 heterocycles. The number of ketones is 1. The third-order valence-electron chi connectivity index (χ3n) is 5.80. The van der Waals surface area contributed by atoms with E-state index in [0.717, 1.165) is 38.5 Å². The van der Waals surface area contributed by atoms with Crippen LogP contribution in [0.4, 0.5) is 0 Å². The van der Waals surface area contributed by atoms with Crippen LogP contribution in [0.1, 0.15) is 117 Å². The number of hydrogen-bond acceptors (Lipinski definition) is 4. The molecule has 0 spiro atoms. The third-order valence-corrected chi connectivity index (χ3v) is 6.84. The highest BCUT2D eigenvalue weighted by molar-refractivity contribution is 6.69. The van der Waals surface area contributed by atoms with Gasteiger partial charge in [-0.15, -0.1) is 0 Å². The molecular formula is C26H52O4Si. The number of carbonyl (C=O) groups excluding carboxylic acids is 2. The fraction of sp³-hybridized carbons (Fsp3) is 0.923. The minimum atomic E-state index is -1.76. The van der Waals surface area contributed by atoms with E-state index >= 15 is 0 Å². The van der Waals surface area contributed by atoms with Crippen molar-refractivity contribution < 1.29 is 18.8 Å². The standard InChI is InChI=1S/C26H52O4Si/c1-7-9-11-13-14-15-16-17-18-20-23(30-31(4,5)6)22-25(27)24(26(28)29-3)21-19-12-10-8-2/h23-24H,7-22H2,1-6H3. The van der Waals surface area contributed by atoms with Gasteiger partial charge in [-0.25, -0.2) is 0 Å². The number of carbonyl (C=O) groups is 2. The summed E-state index contributed by atoms with van der Waals surface area (Å²) >= 11 is 0. The van der Waals surface area contributed by atoms with Crippen molar-refractivity contribution in [1.82, 2.24) is 0 Å². The summed E-state index contributed by atoms with van der Waals surface area (Å²) in [6.45, 7) is 10.9. The molecule has 0 bridgehead atoms. The Balaban J connectivity index is 4.56. The Morgan fingerprint density at radius 1 is 0.710 bits per heavy atom. The van der Waals surface area contributed by atoms with Crippen molar-refractivity contribution in [2.75, 3.05) is 7.11 Å². The topological polar surface area (TPSA) is 52.6 Å². The molecule has 184 valence electrons. The lowest BCUT2D eigenvalue weighted by Crippen LogP contribution is -2.35. The molecule has 0 aliphatic carbocycles. The van der Waals surface area contributed by atoms with Gasteiger partial charge in [0.25, 0.3) is 0 Å². The number of unbranched alkanes of at least 4 members (excludes halogenated alkanes) is 11. The van der Waals surface area contributed by atoms with E-state index in [-0.39, 0.29) is 17.9 Å². The first-order valence-electron chi connectivity index (χ1n) is 13.0. The lowest BCUT2D eigenvalue weighted by Gasteiger charge is -2.27. The number of ether oxygens (including phenoxy) is 1. The molecule has 0 amide bonds. The van der Waals surface area contributed by atoms with Crippen molar-refractivity contribution >= 4 is 20.1 Å². The first kappa shape index (κ1) is 30.3. The first-order valence-corrected chi connectivity index (χ1v) is 16.4. The summed E-state index contributed by atoms with van der Waals surface area (Å²) in [7, 11) is -0.374. The SMILES string of the molecule is CCCCCCCCCCCC(CC(=O)C(CCCCCC)C(=O)OC)O[Si](C)(C)C. The van der Waals surface area contributed by atoms with Crippen LogP contribution >= 0.6 is 0 Å². The van der Waals surface area contributed by atoms with Crippen LogP contribution in [0, 0.1) is 5.92 Å². The smallest absolute Gasteiger partial charge is 0.316 e. The molecule has 0 aromatic rings. The van der Waals surface area contributed by atoms with Crippen molar-refractivity contribution in [2.24, 2.45) is 5.92 Å². The second-order valence-electron chi connectivity index (χ2n) is 10.1. The van der Waals surface area contributed by atoms with Gasteiger partial charge < -0.3 is 9.16 Å². The van der Waals surface area contributed by atoms with Gasteiger partial charge in [0.05, 0.1) is 13.2 Å². The number of hydrogen-bond donors (Lipinski definition) is 0. The number of Topliss-reactive ketones (excluding diaryl/α,β-unsaturated/α-hetero) is 1. The molecule has 0 fully saturated rings. The summed E-state index contributed by atoms with van der Waals surface area (Å²) in [6, 6.07) is 0. The molecule has 5 heteroatoms.